The van der Waals surface area contributed by atoms with Crippen molar-refractivity contribution in [1.82, 2.24) is 10.2 Å². The summed E-state index contributed by atoms with van der Waals surface area (Å²) in [6, 6.07) is 13.5. The Morgan fingerprint density at radius 2 is 1.77 bits per heavy atom. The monoisotopic (exact) mass is 495 g/mol. The third-order valence-electron chi connectivity index (χ3n) is 4.66. The van der Waals surface area contributed by atoms with E-state index < -0.39 is 28.5 Å². The summed E-state index contributed by atoms with van der Waals surface area (Å²) < 4.78 is 26.6. The second-order valence-electron chi connectivity index (χ2n) is 7.05. The summed E-state index contributed by atoms with van der Waals surface area (Å²) in [6.45, 7) is 3.35. The molecule has 0 spiro atoms. The first-order valence-corrected chi connectivity index (χ1v) is 12.0. The summed E-state index contributed by atoms with van der Waals surface area (Å²) in [5.41, 5.74) is 2.29. The molecular formula is C21H26BrN3O4S. The van der Waals surface area contributed by atoms with Crippen molar-refractivity contribution in [3.8, 4) is 0 Å². The van der Waals surface area contributed by atoms with Crippen molar-refractivity contribution in [2.75, 3.05) is 24.2 Å². The molecule has 0 heterocycles. The second kappa shape index (κ2) is 10.1. The summed E-state index contributed by atoms with van der Waals surface area (Å²) in [7, 11) is -2.23. The number of carbonyl (C=O) groups excluding carboxylic acids is 2. The van der Waals surface area contributed by atoms with Gasteiger partial charge in [-0.15, -0.1) is 0 Å². The highest BCUT2D eigenvalue weighted by molar-refractivity contribution is 9.10. The Labute approximate surface area is 186 Å². The maximum Gasteiger partial charge on any atom is 0.244 e. The van der Waals surface area contributed by atoms with E-state index >= 15 is 0 Å². The fourth-order valence-corrected chi connectivity index (χ4v) is 4.16. The van der Waals surface area contributed by atoms with Gasteiger partial charge >= 0.3 is 0 Å². The Balaban J connectivity index is 2.36. The smallest absolute Gasteiger partial charge is 0.244 e. The molecular weight excluding hydrogens is 470 g/mol. The Morgan fingerprint density at radius 3 is 2.30 bits per heavy atom. The van der Waals surface area contributed by atoms with Crippen molar-refractivity contribution in [2.45, 2.75) is 26.4 Å². The molecule has 0 aliphatic heterocycles. The highest BCUT2D eigenvalue weighted by atomic mass is 79.9. The van der Waals surface area contributed by atoms with E-state index in [0.717, 1.165) is 21.7 Å². The average molecular weight is 496 g/mol. The van der Waals surface area contributed by atoms with Crippen molar-refractivity contribution >= 4 is 43.5 Å². The lowest BCUT2D eigenvalue weighted by Crippen LogP contribution is -2.50. The zero-order valence-corrected chi connectivity index (χ0v) is 19.8. The molecule has 2 rings (SSSR count). The van der Waals surface area contributed by atoms with Gasteiger partial charge < -0.3 is 10.2 Å². The van der Waals surface area contributed by atoms with E-state index in [1.54, 1.807) is 31.2 Å². The zero-order valence-electron chi connectivity index (χ0n) is 17.4. The topological polar surface area (TPSA) is 86.8 Å². The van der Waals surface area contributed by atoms with Gasteiger partial charge in [0, 0.05) is 18.1 Å². The molecule has 9 heteroatoms. The quantitative estimate of drug-likeness (QED) is 0.609. The summed E-state index contributed by atoms with van der Waals surface area (Å²) >= 11 is 3.32. The van der Waals surface area contributed by atoms with Crippen LogP contribution in [0.4, 0.5) is 5.69 Å². The normalized spacial score (nSPS) is 12.2. The van der Waals surface area contributed by atoms with E-state index in [1.165, 1.54) is 11.9 Å². The number of halogens is 1. The lowest BCUT2D eigenvalue weighted by Gasteiger charge is -2.31. The lowest BCUT2D eigenvalue weighted by molar-refractivity contribution is -0.139. The molecule has 2 amide bonds. The number of hydrogen-bond donors (Lipinski definition) is 1. The number of hydrogen-bond acceptors (Lipinski definition) is 4. The van der Waals surface area contributed by atoms with Gasteiger partial charge in [-0.25, -0.2) is 8.42 Å². The number of likely N-dealkylation sites (N-methyl/N-ethyl adjacent to an activating group) is 1. The van der Waals surface area contributed by atoms with Gasteiger partial charge in [-0.1, -0.05) is 51.8 Å². The van der Waals surface area contributed by atoms with Gasteiger partial charge in [0.25, 0.3) is 0 Å². The maximum absolute atomic E-state index is 13.2. The molecule has 2 aromatic rings. The first-order chi connectivity index (χ1) is 14.0. The molecule has 2 aromatic carbocycles. The van der Waals surface area contributed by atoms with Gasteiger partial charge in [-0.3, -0.25) is 13.9 Å². The molecule has 7 nitrogen and oxygen atoms in total. The molecule has 30 heavy (non-hydrogen) atoms. The number of amides is 2. The summed E-state index contributed by atoms with van der Waals surface area (Å²) in [4.78, 5) is 26.9. The minimum atomic E-state index is -3.73. The Kier molecular flexibility index (Phi) is 8.03. The van der Waals surface area contributed by atoms with Gasteiger partial charge in [0.2, 0.25) is 21.8 Å². The van der Waals surface area contributed by atoms with Crippen LogP contribution in [0.15, 0.2) is 53.0 Å². The summed E-state index contributed by atoms with van der Waals surface area (Å²) in [5.74, 6) is -0.805. The first-order valence-electron chi connectivity index (χ1n) is 9.33. The van der Waals surface area contributed by atoms with Crippen LogP contribution in [-0.2, 0) is 26.2 Å². The Morgan fingerprint density at radius 1 is 1.13 bits per heavy atom. The van der Waals surface area contributed by atoms with Crippen LogP contribution < -0.4 is 9.62 Å². The van der Waals surface area contributed by atoms with E-state index in [4.69, 9.17) is 0 Å². The number of carbonyl (C=O) groups is 2. The van der Waals surface area contributed by atoms with E-state index in [2.05, 4.69) is 21.2 Å². The number of anilines is 1. The maximum atomic E-state index is 13.2. The molecule has 0 unspecified atom stereocenters. The van der Waals surface area contributed by atoms with Gasteiger partial charge in [0.15, 0.2) is 0 Å². The first kappa shape index (κ1) is 23.9. The molecule has 0 radical (unpaired) electrons. The largest absolute Gasteiger partial charge is 0.357 e. The molecule has 0 aliphatic rings. The molecule has 0 aromatic heterocycles. The molecule has 0 fully saturated rings. The van der Waals surface area contributed by atoms with Crippen molar-refractivity contribution in [2.24, 2.45) is 0 Å². The van der Waals surface area contributed by atoms with Crippen molar-refractivity contribution in [3.63, 3.8) is 0 Å². The fraction of sp³-hybridized carbons (Fsp3) is 0.333. The minimum absolute atomic E-state index is 0.184. The zero-order chi connectivity index (χ0) is 22.5. The lowest BCUT2D eigenvalue weighted by atomic mass is 10.1. The summed E-state index contributed by atoms with van der Waals surface area (Å²) in [6.07, 6.45) is 1.05. The van der Waals surface area contributed by atoms with Gasteiger partial charge in [-0.2, -0.15) is 0 Å². The van der Waals surface area contributed by atoms with E-state index in [9.17, 15) is 18.0 Å². The average Bonchev–Trinajstić information content (AvgIpc) is 2.69. The van der Waals surface area contributed by atoms with Gasteiger partial charge in [0.05, 0.1) is 11.9 Å². The fourth-order valence-electron chi connectivity index (χ4n) is 2.93. The molecule has 0 saturated carbocycles. The minimum Gasteiger partial charge on any atom is -0.357 e. The second-order valence-corrected chi connectivity index (χ2v) is 9.87. The number of aryl methyl sites for hydroxylation is 1. The molecule has 0 aliphatic carbocycles. The Hall–Kier alpha value is -2.39. The van der Waals surface area contributed by atoms with Crippen LogP contribution >= 0.6 is 15.9 Å². The van der Waals surface area contributed by atoms with Crippen LogP contribution in [0.25, 0.3) is 0 Å². The van der Waals surface area contributed by atoms with Crippen LogP contribution in [0.2, 0.25) is 0 Å². The number of nitrogens with zero attached hydrogens (tertiary/aromatic N) is 2. The van der Waals surface area contributed by atoms with Crippen molar-refractivity contribution in [1.29, 1.82) is 0 Å². The standard InChI is InChI=1S/C21H26BrN3O4S/c1-15-8-10-17(11-9-15)13-24(16(2)21(27)23-3)20(26)14-25(30(4,28)29)19-7-5-6-18(22)12-19/h5-12,16H,13-14H2,1-4H3,(H,23,27)/t16-/m1/s1. The summed E-state index contributed by atoms with van der Waals surface area (Å²) in [5, 5.41) is 2.55. The van der Waals surface area contributed by atoms with Crippen LogP contribution in [0, 0.1) is 6.92 Å². The number of sulfonamides is 1. The van der Waals surface area contributed by atoms with E-state index in [1.807, 2.05) is 31.2 Å². The SMILES string of the molecule is CNC(=O)[C@@H](C)N(Cc1ccc(C)cc1)C(=O)CN(c1cccc(Br)c1)S(C)(=O)=O. The third-order valence-corrected chi connectivity index (χ3v) is 6.30. The molecule has 0 saturated heterocycles. The third kappa shape index (κ3) is 6.30. The Bertz CT molecular complexity index is 1010. The van der Waals surface area contributed by atoms with E-state index in [0.29, 0.717) is 10.2 Å². The molecule has 162 valence electrons. The number of benzene rings is 2. The molecule has 1 atom stereocenters. The highest BCUT2D eigenvalue weighted by Gasteiger charge is 2.29. The van der Waals surface area contributed by atoms with E-state index in [-0.39, 0.29) is 12.5 Å². The van der Waals surface area contributed by atoms with Gasteiger partial charge in [-0.05, 0) is 37.6 Å². The predicted octanol–water partition coefficient (Wildman–Crippen LogP) is 2.69. The predicted molar refractivity (Wildman–Crippen MR) is 122 cm³/mol. The van der Waals surface area contributed by atoms with Crippen LogP contribution in [-0.4, -0.2) is 51.0 Å². The number of rotatable bonds is 8. The van der Waals surface area contributed by atoms with Crippen LogP contribution in [0.5, 0.6) is 0 Å². The van der Waals surface area contributed by atoms with Crippen molar-refractivity contribution < 1.29 is 18.0 Å². The highest BCUT2D eigenvalue weighted by Crippen LogP contribution is 2.23. The van der Waals surface area contributed by atoms with Gasteiger partial charge in [0.1, 0.15) is 12.6 Å². The molecule has 0 bridgehead atoms. The molecule has 1 N–H and O–H groups in total. The van der Waals surface area contributed by atoms with Crippen LogP contribution in [0.3, 0.4) is 0 Å². The number of nitrogens with one attached hydrogen (secondary N) is 1. The van der Waals surface area contributed by atoms with Crippen LogP contribution in [0.1, 0.15) is 18.1 Å². The van der Waals surface area contributed by atoms with Crippen molar-refractivity contribution in [3.05, 3.63) is 64.1 Å².